The summed E-state index contributed by atoms with van der Waals surface area (Å²) < 4.78 is 35.1. The lowest BCUT2D eigenvalue weighted by Crippen LogP contribution is -2.15. The smallest absolute Gasteiger partial charge is 0.333 e. The molecule has 5 rings (SSSR count). The van der Waals surface area contributed by atoms with Crippen molar-refractivity contribution in [1.29, 1.82) is 0 Å². The lowest BCUT2D eigenvalue weighted by Gasteiger charge is -2.13. The molecule has 3 aromatic heterocycles. The van der Waals surface area contributed by atoms with Crippen molar-refractivity contribution in [3.63, 3.8) is 0 Å². The average Bonchev–Trinajstić information content (AvgIpc) is 3.55. The van der Waals surface area contributed by atoms with Gasteiger partial charge in [-0.1, -0.05) is 24.3 Å². The Kier molecular flexibility index (Phi) is 5.46. The summed E-state index contributed by atoms with van der Waals surface area (Å²) in [5.74, 6) is 0.445. The zero-order valence-electron chi connectivity index (χ0n) is 17.9. The fourth-order valence-electron chi connectivity index (χ4n) is 3.62. The summed E-state index contributed by atoms with van der Waals surface area (Å²) >= 11 is 0. The molecule has 0 radical (unpaired) electrons. The monoisotopic (exact) mass is 460 g/mol. The van der Waals surface area contributed by atoms with Crippen LogP contribution in [0.5, 0.6) is 5.75 Å². The van der Waals surface area contributed by atoms with Crippen LogP contribution in [0, 0.1) is 0 Å². The Hall–Kier alpha value is -4.60. The second-order valence-corrected chi connectivity index (χ2v) is 7.31. The van der Waals surface area contributed by atoms with Gasteiger partial charge in [0.1, 0.15) is 11.4 Å². The van der Waals surface area contributed by atoms with E-state index >= 15 is 0 Å². The fraction of sp³-hybridized carbons (Fsp3) is 0.0833. The van der Waals surface area contributed by atoms with E-state index in [9.17, 15) is 13.6 Å². The number of rotatable bonds is 6. The summed E-state index contributed by atoms with van der Waals surface area (Å²) in [5.41, 5.74) is 3.03. The highest BCUT2D eigenvalue weighted by atomic mass is 19.3. The van der Waals surface area contributed by atoms with Gasteiger partial charge in [-0.15, -0.1) is 0 Å². The minimum atomic E-state index is -2.72. The number of halogens is 2. The molecule has 170 valence electrons. The lowest BCUT2D eigenvalue weighted by molar-refractivity contribution is 0.0566. The van der Waals surface area contributed by atoms with Crippen LogP contribution < -0.4 is 10.2 Å². The van der Waals surface area contributed by atoms with E-state index in [0.717, 1.165) is 5.69 Å². The van der Waals surface area contributed by atoms with E-state index in [1.807, 2.05) is 30.3 Å². The van der Waals surface area contributed by atoms with E-state index < -0.39 is 6.55 Å². The van der Waals surface area contributed by atoms with Crippen LogP contribution in [-0.4, -0.2) is 36.5 Å². The number of aromatic nitrogens is 6. The minimum Gasteiger partial charge on any atom is -0.494 e. The molecule has 0 fully saturated rings. The molecule has 0 bridgehead atoms. The number of nitrogens with zero attached hydrogens (tertiary/aromatic N) is 6. The molecule has 0 aliphatic carbocycles. The van der Waals surface area contributed by atoms with E-state index in [-0.39, 0.29) is 11.1 Å². The highest BCUT2D eigenvalue weighted by Gasteiger charge is 2.16. The summed E-state index contributed by atoms with van der Waals surface area (Å²) in [5, 5.41) is 12.6. The maximum atomic E-state index is 12.9. The number of para-hydroxylation sites is 1. The molecule has 0 saturated heterocycles. The van der Waals surface area contributed by atoms with Crippen molar-refractivity contribution in [2.24, 2.45) is 0 Å². The molecule has 0 unspecified atom stereocenters. The van der Waals surface area contributed by atoms with E-state index in [1.165, 1.54) is 30.3 Å². The molecule has 2 aromatic carbocycles. The van der Waals surface area contributed by atoms with Gasteiger partial charge in [0.2, 0.25) is 5.43 Å². The first-order valence-electron chi connectivity index (χ1n) is 10.3. The molecule has 0 aliphatic rings. The zero-order valence-corrected chi connectivity index (χ0v) is 17.9. The Morgan fingerprint density at radius 2 is 1.79 bits per heavy atom. The number of methoxy groups -OCH3 is 1. The molecule has 3 heterocycles. The van der Waals surface area contributed by atoms with Crippen LogP contribution in [0.15, 0.2) is 90.2 Å². The predicted molar refractivity (Wildman–Crippen MR) is 121 cm³/mol. The van der Waals surface area contributed by atoms with Crippen LogP contribution in [0.25, 0.3) is 33.9 Å². The molecule has 10 heteroatoms. The van der Waals surface area contributed by atoms with Crippen LogP contribution in [0.3, 0.4) is 0 Å². The SMILES string of the molecule is COc1cc(-c2cnn(C(F)F)c2)ccc1-n1ccc(=O)c(-c2ccnn2-c2ccccc2)n1. The topological polar surface area (TPSA) is 79.8 Å². The van der Waals surface area contributed by atoms with E-state index in [4.69, 9.17) is 4.74 Å². The van der Waals surface area contributed by atoms with Crippen molar-refractivity contribution in [2.45, 2.75) is 6.55 Å². The molecule has 0 saturated carbocycles. The van der Waals surface area contributed by atoms with Gasteiger partial charge >= 0.3 is 6.55 Å². The first-order valence-corrected chi connectivity index (χ1v) is 10.3. The van der Waals surface area contributed by atoms with E-state index in [1.54, 1.807) is 41.3 Å². The Balaban J connectivity index is 1.57. The number of hydrogen-bond donors (Lipinski definition) is 0. The predicted octanol–water partition coefficient (Wildman–Crippen LogP) is 4.35. The first kappa shape index (κ1) is 21.3. The second-order valence-electron chi connectivity index (χ2n) is 7.31. The number of benzene rings is 2. The van der Waals surface area contributed by atoms with Crippen LogP contribution in [-0.2, 0) is 0 Å². The van der Waals surface area contributed by atoms with Crippen molar-refractivity contribution in [3.05, 3.63) is 95.7 Å². The quantitative estimate of drug-likeness (QED) is 0.376. The van der Waals surface area contributed by atoms with Crippen molar-refractivity contribution < 1.29 is 13.5 Å². The third-order valence-corrected chi connectivity index (χ3v) is 5.26. The highest BCUT2D eigenvalue weighted by molar-refractivity contribution is 5.67. The standard InChI is InChI=1S/C24H18F2N6O2/c1-34-22-13-16(17-14-28-31(15-17)24(25)26)7-8-19(22)30-12-10-21(33)23(29-30)20-9-11-27-32(20)18-5-3-2-4-6-18/h2-15,24H,1H3. The Morgan fingerprint density at radius 1 is 0.971 bits per heavy atom. The van der Waals surface area contributed by atoms with Crippen molar-refractivity contribution in [1.82, 2.24) is 29.3 Å². The Labute approximate surface area is 192 Å². The minimum absolute atomic E-state index is 0.216. The molecule has 0 spiro atoms. The van der Waals surface area contributed by atoms with Gasteiger partial charge in [0.15, 0.2) is 5.69 Å². The highest BCUT2D eigenvalue weighted by Crippen LogP contribution is 2.30. The Bertz CT molecular complexity index is 1510. The van der Waals surface area contributed by atoms with Crippen LogP contribution in [0.2, 0.25) is 0 Å². The van der Waals surface area contributed by atoms with Gasteiger partial charge in [-0.05, 0) is 35.9 Å². The summed E-state index contributed by atoms with van der Waals surface area (Å²) in [4.78, 5) is 12.7. The lowest BCUT2D eigenvalue weighted by atomic mass is 10.1. The van der Waals surface area contributed by atoms with Gasteiger partial charge in [-0.25, -0.2) is 14.0 Å². The largest absolute Gasteiger partial charge is 0.494 e. The van der Waals surface area contributed by atoms with E-state index in [2.05, 4.69) is 15.3 Å². The summed E-state index contributed by atoms with van der Waals surface area (Å²) in [6.07, 6.45) is 5.78. The second kappa shape index (κ2) is 8.74. The van der Waals surface area contributed by atoms with Crippen LogP contribution in [0.1, 0.15) is 6.55 Å². The number of hydrogen-bond acceptors (Lipinski definition) is 5. The molecule has 34 heavy (non-hydrogen) atoms. The zero-order chi connectivity index (χ0) is 23.7. The molecule has 0 atom stereocenters. The van der Waals surface area contributed by atoms with Gasteiger partial charge in [0.05, 0.1) is 30.9 Å². The molecular formula is C24H18F2N6O2. The van der Waals surface area contributed by atoms with Crippen molar-refractivity contribution >= 4 is 0 Å². The van der Waals surface area contributed by atoms with Crippen molar-refractivity contribution in [2.75, 3.05) is 7.11 Å². The van der Waals surface area contributed by atoms with Gasteiger partial charge in [0, 0.05) is 24.0 Å². The maximum Gasteiger partial charge on any atom is 0.333 e. The third-order valence-electron chi connectivity index (χ3n) is 5.26. The summed E-state index contributed by atoms with van der Waals surface area (Å²) in [6.45, 7) is -2.72. The first-order chi connectivity index (χ1) is 16.5. The molecule has 5 aromatic rings. The van der Waals surface area contributed by atoms with Gasteiger partial charge < -0.3 is 4.74 Å². The molecule has 0 N–H and O–H groups in total. The van der Waals surface area contributed by atoms with Gasteiger partial charge in [0.25, 0.3) is 0 Å². The number of ether oxygens (including phenoxy) is 1. The summed E-state index contributed by atoms with van der Waals surface area (Å²) in [6, 6.07) is 17.8. The molecular weight excluding hydrogens is 442 g/mol. The molecule has 8 nitrogen and oxygen atoms in total. The van der Waals surface area contributed by atoms with Gasteiger partial charge in [-0.3, -0.25) is 4.79 Å². The Morgan fingerprint density at radius 3 is 2.53 bits per heavy atom. The normalized spacial score (nSPS) is 11.2. The van der Waals surface area contributed by atoms with Gasteiger partial charge in [-0.2, -0.15) is 24.1 Å². The number of alkyl halides is 2. The van der Waals surface area contributed by atoms with Crippen molar-refractivity contribution in [3.8, 4) is 39.6 Å². The maximum absolute atomic E-state index is 12.9. The average molecular weight is 460 g/mol. The molecule has 0 aliphatic heterocycles. The fourth-order valence-corrected chi connectivity index (χ4v) is 3.62. The summed E-state index contributed by atoms with van der Waals surface area (Å²) in [7, 11) is 1.50. The molecule has 0 amide bonds. The van der Waals surface area contributed by atoms with Crippen LogP contribution >= 0.6 is 0 Å². The van der Waals surface area contributed by atoms with Crippen LogP contribution in [0.4, 0.5) is 8.78 Å². The third kappa shape index (κ3) is 3.85. The van der Waals surface area contributed by atoms with E-state index in [0.29, 0.717) is 32.9 Å².